The van der Waals surface area contributed by atoms with E-state index in [4.69, 9.17) is 25.8 Å². The van der Waals surface area contributed by atoms with Crippen molar-refractivity contribution in [1.82, 2.24) is 40.7 Å². The number of amides is 5. The smallest absolute Gasteiger partial charge is 0.246 e. The van der Waals surface area contributed by atoms with Gasteiger partial charge in [-0.15, -0.1) is 11.3 Å². The van der Waals surface area contributed by atoms with E-state index in [1.54, 1.807) is 55.0 Å². The minimum absolute atomic E-state index is 0.00254. The van der Waals surface area contributed by atoms with Crippen molar-refractivity contribution in [2.45, 2.75) is 148 Å². The number of aryl methyl sites for hydroxylation is 2. The van der Waals surface area contributed by atoms with Crippen LogP contribution in [0.5, 0.6) is 5.75 Å². The number of rotatable bonds is 27. The van der Waals surface area contributed by atoms with E-state index in [1.165, 1.54) is 11.1 Å². The first-order valence-corrected chi connectivity index (χ1v) is 31.7. The Balaban J connectivity index is 0.777. The number of hydrogen-bond acceptors (Lipinski definition) is 17. The quantitative estimate of drug-likeness (QED) is 0.0271. The average Bonchev–Trinajstić information content (AvgIpc) is 3.81. The molecule has 24 heteroatoms. The lowest BCUT2D eigenvalue weighted by atomic mass is 9.85. The Morgan fingerprint density at radius 2 is 1.59 bits per heavy atom. The van der Waals surface area contributed by atoms with Crippen LogP contribution in [0, 0.1) is 19.3 Å². The van der Waals surface area contributed by atoms with E-state index in [-0.39, 0.29) is 111 Å². The number of para-hydroxylation sites is 1. The number of hydrogen-bond donors (Lipinski definition) is 6. The van der Waals surface area contributed by atoms with E-state index in [0.717, 1.165) is 45.7 Å². The molecule has 85 heavy (non-hydrogen) atoms. The van der Waals surface area contributed by atoms with Gasteiger partial charge in [0.2, 0.25) is 35.5 Å². The van der Waals surface area contributed by atoms with Crippen molar-refractivity contribution in [1.29, 1.82) is 0 Å². The molecular weight excluding hydrogens is 1150 g/mol. The van der Waals surface area contributed by atoms with E-state index in [9.17, 15) is 37.5 Å². The molecule has 0 radical (unpaired) electrons. The lowest BCUT2D eigenvalue weighted by molar-refractivity contribution is -0.144. The number of aliphatic hydroxyl groups excluding tert-OH is 1. The van der Waals surface area contributed by atoms with Crippen LogP contribution in [0.4, 0.5) is 23.1 Å². The zero-order valence-electron chi connectivity index (χ0n) is 50.0. The van der Waals surface area contributed by atoms with Crippen molar-refractivity contribution in [2.24, 2.45) is 5.41 Å². The SMILES string of the molecule is Cc1cc(Nc2ncc(Cl)c(Nc3ccccc3S(=O)(=O)C(C)C)n2)c(OC(C)C)cc1C1CCN(C(=O)CCCC(=O)NCCOCCOCC(=O)N[C@@H](C(=O)N2C[C@H](O)C[C@H]2C(=O)NCc2ccc(-c3scnc3C)cc2)C(C)(C)C)CC1. The normalized spacial score (nSPS) is 16.1. The van der Waals surface area contributed by atoms with Crippen LogP contribution in [0.2, 0.25) is 5.02 Å². The molecule has 3 aromatic carbocycles. The number of aliphatic hydroxyl groups is 1. The second kappa shape index (κ2) is 30.0. The first kappa shape index (κ1) is 65.8. The number of nitrogens with one attached hydrogen (secondary N) is 5. The maximum absolute atomic E-state index is 14.0. The highest BCUT2D eigenvalue weighted by Crippen LogP contribution is 2.39. The van der Waals surface area contributed by atoms with Crippen molar-refractivity contribution in [3.63, 3.8) is 0 Å². The third-order valence-corrected chi connectivity index (χ3v) is 18.2. The average molecular weight is 1230 g/mol. The van der Waals surface area contributed by atoms with Gasteiger partial charge in [-0.05, 0) is 119 Å². The van der Waals surface area contributed by atoms with Crippen molar-refractivity contribution < 1.29 is 51.7 Å². The number of carbonyl (C=O) groups excluding carboxylic acids is 5. The summed E-state index contributed by atoms with van der Waals surface area (Å²) in [6.07, 6.45) is 2.79. The van der Waals surface area contributed by atoms with Crippen molar-refractivity contribution in [3.05, 3.63) is 99.8 Å². The molecule has 2 fully saturated rings. The minimum atomic E-state index is -3.61. The number of nitrogens with zero attached hydrogens (tertiary/aromatic N) is 5. The molecule has 0 aliphatic carbocycles. The van der Waals surface area contributed by atoms with Gasteiger partial charge in [-0.1, -0.05) is 68.8 Å². The second-order valence-electron chi connectivity index (χ2n) is 23.1. The van der Waals surface area contributed by atoms with Gasteiger partial charge in [0.15, 0.2) is 15.7 Å². The summed E-state index contributed by atoms with van der Waals surface area (Å²) in [7, 11) is -3.61. The largest absolute Gasteiger partial charge is 0.489 e. The van der Waals surface area contributed by atoms with Crippen LogP contribution in [0.25, 0.3) is 10.4 Å². The highest BCUT2D eigenvalue weighted by atomic mass is 35.5. The molecule has 21 nitrogen and oxygen atoms in total. The molecule has 0 spiro atoms. The predicted molar refractivity (Wildman–Crippen MR) is 328 cm³/mol. The monoisotopic (exact) mass is 1230 g/mol. The maximum atomic E-state index is 14.0. The summed E-state index contributed by atoms with van der Waals surface area (Å²) in [5.41, 5.74) is 7.04. The first-order valence-electron chi connectivity index (χ1n) is 28.8. The molecular formula is C61H81ClN10O11S2. The molecule has 7 rings (SSSR count). The zero-order valence-corrected chi connectivity index (χ0v) is 52.3. The van der Waals surface area contributed by atoms with E-state index in [2.05, 4.69) is 41.5 Å². The fourth-order valence-corrected chi connectivity index (χ4v) is 12.3. The number of likely N-dealkylation sites (tertiary alicyclic amines) is 2. The van der Waals surface area contributed by atoms with Crippen LogP contribution in [0.1, 0.15) is 115 Å². The minimum Gasteiger partial charge on any atom is -0.489 e. The van der Waals surface area contributed by atoms with Crippen molar-refractivity contribution >= 4 is 85.5 Å². The van der Waals surface area contributed by atoms with Crippen LogP contribution >= 0.6 is 22.9 Å². The predicted octanol–water partition coefficient (Wildman–Crippen LogP) is 8.16. The molecule has 4 heterocycles. The summed E-state index contributed by atoms with van der Waals surface area (Å²) in [4.78, 5) is 84.2. The zero-order chi connectivity index (χ0) is 61.6. The van der Waals surface area contributed by atoms with E-state index >= 15 is 0 Å². The number of ether oxygens (including phenoxy) is 3. The van der Waals surface area contributed by atoms with Gasteiger partial charge in [-0.2, -0.15) is 4.98 Å². The van der Waals surface area contributed by atoms with Gasteiger partial charge in [0.05, 0.1) is 75.8 Å². The molecule has 3 atom stereocenters. The highest BCUT2D eigenvalue weighted by molar-refractivity contribution is 7.92. The molecule has 5 aromatic rings. The van der Waals surface area contributed by atoms with Crippen LogP contribution in [0.3, 0.4) is 0 Å². The van der Waals surface area contributed by atoms with Gasteiger partial charge in [-0.3, -0.25) is 24.0 Å². The Kier molecular flexibility index (Phi) is 23.3. The molecule has 0 saturated carbocycles. The Morgan fingerprint density at radius 1 is 0.871 bits per heavy atom. The van der Waals surface area contributed by atoms with E-state index in [1.807, 2.05) is 89.8 Å². The lowest BCUT2D eigenvalue weighted by Gasteiger charge is -2.35. The molecule has 2 aromatic heterocycles. The third kappa shape index (κ3) is 18.1. The van der Waals surface area contributed by atoms with Gasteiger partial charge >= 0.3 is 0 Å². The third-order valence-electron chi connectivity index (χ3n) is 14.8. The summed E-state index contributed by atoms with van der Waals surface area (Å²) < 4.78 is 43.7. The number of carbonyl (C=O) groups is 5. The molecule has 2 saturated heterocycles. The summed E-state index contributed by atoms with van der Waals surface area (Å²) in [6.45, 7) is 18.2. The molecule has 460 valence electrons. The number of sulfone groups is 1. The Morgan fingerprint density at radius 3 is 2.27 bits per heavy atom. The molecule has 6 N–H and O–H groups in total. The summed E-state index contributed by atoms with van der Waals surface area (Å²) in [5.74, 6) is -0.368. The van der Waals surface area contributed by atoms with Gasteiger partial charge in [-0.25, -0.2) is 18.4 Å². The standard InChI is InChI=1S/C61H81ClN10O11S2/c1-37(2)83-50-31-45(39(5)29-48(50)68-60-65-33-46(62)57(70-60)67-47-13-10-11-14-51(47)85(79,80)38(3)4)42-21-24-71(25-22-42)54(76)16-12-15-52(74)63-23-26-81-27-28-82-35-53(75)69-56(61(7,8)9)59(78)72-34-44(73)30-49(72)58(77)64-32-41-17-19-43(20-18-41)55-40(6)66-36-84-55/h10-11,13-14,17-20,29,31,33,36-38,42,44,49,56,73H,12,15-16,21-28,30,32,34-35H2,1-9H3,(H,63,74)(H,64,77)(H,69,75)(H2,65,67,68,70)/t44-,49+,56+/m1/s1. The van der Waals surface area contributed by atoms with Crippen LogP contribution < -0.4 is 31.3 Å². The molecule has 5 amide bonds. The summed E-state index contributed by atoms with van der Waals surface area (Å²) in [6, 6.07) is 16.5. The number of halogens is 1. The Bertz CT molecular complexity index is 3240. The number of piperidine rings is 1. The molecule has 2 aliphatic heterocycles. The number of anilines is 4. The summed E-state index contributed by atoms with van der Waals surface area (Å²) >= 11 is 8.08. The summed E-state index contributed by atoms with van der Waals surface area (Å²) in [5, 5.41) is 25.0. The Labute approximate surface area is 507 Å². The van der Waals surface area contributed by atoms with Gasteiger partial charge < -0.3 is 55.7 Å². The molecule has 0 bridgehead atoms. The highest BCUT2D eigenvalue weighted by Gasteiger charge is 2.44. The van der Waals surface area contributed by atoms with Gasteiger partial charge in [0.25, 0.3) is 0 Å². The Hall–Kier alpha value is -6.76. The number of benzene rings is 3. The van der Waals surface area contributed by atoms with Crippen LogP contribution in [-0.4, -0.2) is 150 Å². The molecule has 2 aliphatic rings. The maximum Gasteiger partial charge on any atom is 0.246 e. The van der Waals surface area contributed by atoms with Crippen molar-refractivity contribution in [2.75, 3.05) is 63.2 Å². The topological polar surface area (TPSA) is 273 Å². The lowest BCUT2D eigenvalue weighted by Crippen LogP contribution is -2.58. The fourth-order valence-electron chi connectivity index (χ4n) is 10.1. The van der Waals surface area contributed by atoms with Crippen LogP contribution in [0.15, 0.2) is 77.3 Å². The number of thiazole rings is 1. The van der Waals surface area contributed by atoms with Crippen molar-refractivity contribution in [3.8, 4) is 16.2 Å². The van der Waals surface area contributed by atoms with E-state index in [0.29, 0.717) is 36.6 Å². The second-order valence-corrected chi connectivity index (χ2v) is 26.8. The number of aromatic nitrogens is 3. The van der Waals surface area contributed by atoms with E-state index < -0.39 is 56.4 Å². The number of β-amino-alcohol motifs (C(OH)–C–C–N with tert-alkyl or cyclic N) is 1. The van der Waals surface area contributed by atoms with Crippen LogP contribution in [-0.2, 0) is 49.8 Å². The fraction of sp³-hybridized carbons (Fsp3) is 0.508. The first-order chi connectivity index (χ1) is 40.4. The van der Waals surface area contributed by atoms with Gasteiger partial charge in [0.1, 0.15) is 29.5 Å². The van der Waals surface area contributed by atoms with Gasteiger partial charge in [0, 0.05) is 52.0 Å². The molecule has 0 unspecified atom stereocenters.